The second kappa shape index (κ2) is 8.26. The van der Waals surface area contributed by atoms with Crippen molar-refractivity contribution in [3.8, 4) is 11.4 Å². The monoisotopic (exact) mass is 411 g/mol. The zero-order valence-electron chi connectivity index (χ0n) is 18.2. The van der Waals surface area contributed by atoms with E-state index >= 15 is 0 Å². The molecule has 1 spiro atoms. The normalized spacial score (nSPS) is 20.1. The third-order valence-corrected chi connectivity index (χ3v) is 6.99. The van der Waals surface area contributed by atoms with Crippen molar-refractivity contribution in [1.29, 1.82) is 0 Å². The molecule has 31 heavy (non-hydrogen) atoms. The summed E-state index contributed by atoms with van der Waals surface area (Å²) in [5, 5.41) is 0. The third-order valence-electron chi connectivity index (χ3n) is 6.99. The molecular formula is C27H29N3O. The zero-order chi connectivity index (χ0) is 21.3. The molecule has 0 radical (unpaired) electrons. The fraction of sp³-hybridized carbons (Fsp3) is 0.370. The van der Waals surface area contributed by atoms with Crippen molar-refractivity contribution in [3.05, 3.63) is 83.2 Å². The molecule has 2 aromatic carbocycles. The summed E-state index contributed by atoms with van der Waals surface area (Å²) in [5.74, 6) is 1.02. The fourth-order valence-corrected chi connectivity index (χ4v) is 5.19. The molecule has 1 amide bonds. The standard InChI is InChI=1S/C27H29N3O/c1-2-20-9-11-21(12-10-20)17-24(31)30-16-6-14-27(19-30)15-13-23-18-28-26(29-25(23)27)22-7-4-3-5-8-22/h3-5,7-12,18H,2,6,13-17,19H2,1H3. The van der Waals surface area contributed by atoms with E-state index in [9.17, 15) is 4.79 Å². The van der Waals surface area contributed by atoms with Crippen LogP contribution in [0, 0.1) is 0 Å². The fourth-order valence-electron chi connectivity index (χ4n) is 5.19. The molecule has 2 heterocycles. The summed E-state index contributed by atoms with van der Waals surface area (Å²) in [4.78, 5) is 24.9. The van der Waals surface area contributed by atoms with Crippen LogP contribution >= 0.6 is 0 Å². The quantitative estimate of drug-likeness (QED) is 0.622. The highest BCUT2D eigenvalue weighted by atomic mass is 16.2. The molecule has 1 saturated heterocycles. The Morgan fingerprint density at radius 1 is 1.03 bits per heavy atom. The summed E-state index contributed by atoms with van der Waals surface area (Å²) in [6.45, 7) is 3.77. The first-order valence-corrected chi connectivity index (χ1v) is 11.4. The molecule has 1 fully saturated rings. The molecule has 1 atom stereocenters. The molecule has 0 bridgehead atoms. The number of likely N-dealkylation sites (tertiary alicyclic amines) is 1. The van der Waals surface area contributed by atoms with Gasteiger partial charge in [-0.25, -0.2) is 9.97 Å². The Balaban J connectivity index is 1.37. The SMILES string of the molecule is CCc1ccc(CC(=O)N2CCCC3(CCc4cnc(-c5ccccc5)nc43)C2)cc1. The van der Waals surface area contributed by atoms with Gasteiger partial charge >= 0.3 is 0 Å². The van der Waals surface area contributed by atoms with Crippen LogP contribution in [0.25, 0.3) is 11.4 Å². The topological polar surface area (TPSA) is 46.1 Å². The average Bonchev–Trinajstić information content (AvgIpc) is 3.17. The van der Waals surface area contributed by atoms with Crippen LogP contribution in [-0.2, 0) is 29.5 Å². The van der Waals surface area contributed by atoms with Gasteiger partial charge in [0.15, 0.2) is 5.82 Å². The Morgan fingerprint density at radius 2 is 1.81 bits per heavy atom. The van der Waals surface area contributed by atoms with E-state index in [2.05, 4.69) is 53.2 Å². The number of benzene rings is 2. The highest BCUT2D eigenvalue weighted by Gasteiger charge is 2.44. The lowest BCUT2D eigenvalue weighted by Crippen LogP contribution is -2.48. The van der Waals surface area contributed by atoms with Crippen molar-refractivity contribution >= 4 is 5.91 Å². The Hall–Kier alpha value is -3.01. The summed E-state index contributed by atoms with van der Waals surface area (Å²) < 4.78 is 0. The minimum Gasteiger partial charge on any atom is -0.341 e. The van der Waals surface area contributed by atoms with Crippen LogP contribution in [0.5, 0.6) is 0 Å². The Morgan fingerprint density at radius 3 is 2.58 bits per heavy atom. The summed E-state index contributed by atoms with van der Waals surface area (Å²) in [5.41, 5.74) is 5.86. The lowest BCUT2D eigenvalue weighted by atomic mass is 9.77. The van der Waals surface area contributed by atoms with Gasteiger partial charge < -0.3 is 4.90 Å². The molecule has 1 aliphatic carbocycles. The number of carbonyl (C=O) groups is 1. The van der Waals surface area contributed by atoms with Crippen molar-refractivity contribution in [3.63, 3.8) is 0 Å². The first-order chi connectivity index (χ1) is 15.2. The van der Waals surface area contributed by atoms with Gasteiger partial charge in [-0.3, -0.25) is 4.79 Å². The number of rotatable bonds is 4. The molecular weight excluding hydrogens is 382 g/mol. The second-order valence-electron chi connectivity index (χ2n) is 8.98. The van der Waals surface area contributed by atoms with E-state index in [1.807, 2.05) is 24.4 Å². The van der Waals surface area contributed by atoms with Crippen LogP contribution in [0.3, 0.4) is 0 Å². The molecule has 1 aromatic heterocycles. The first-order valence-electron chi connectivity index (χ1n) is 11.4. The molecule has 5 rings (SSSR count). The second-order valence-corrected chi connectivity index (χ2v) is 8.98. The van der Waals surface area contributed by atoms with Gasteiger partial charge in [-0.15, -0.1) is 0 Å². The summed E-state index contributed by atoms with van der Waals surface area (Å²) in [6.07, 6.45) is 7.70. The maximum Gasteiger partial charge on any atom is 0.227 e. The van der Waals surface area contributed by atoms with Gasteiger partial charge in [0.05, 0.1) is 12.1 Å². The van der Waals surface area contributed by atoms with Gasteiger partial charge in [0.1, 0.15) is 0 Å². The number of amides is 1. The molecule has 158 valence electrons. The molecule has 2 aliphatic rings. The minimum absolute atomic E-state index is 0.0260. The van der Waals surface area contributed by atoms with Gasteiger partial charge in [0.25, 0.3) is 0 Å². The number of carbonyl (C=O) groups excluding carboxylic acids is 1. The molecule has 4 nitrogen and oxygen atoms in total. The number of aromatic nitrogens is 2. The number of piperidine rings is 1. The summed E-state index contributed by atoms with van der Waals surface area (Å²) >= 11 is 0. The van der Waals surface area contributed by atoms with Gasteiger partial charge in [-0.05, 0) is 48.8 Å². The number of hydrogen-bond acceptors (Lipinski definition) is 3. The van der Waals surface area contributed by atoms with Crippen LogP contribution in [0.1, 0.15) is 48.6 Å². The Labute approximate surface area is 184 Å². The van der Waals surface area contributed by atoms with Crippen molar-refractivity contribution in [2.75, 3.05) is 13.1 Å². The van der Waals surface area contributed by atoms with Crippen LogP contribution < -0.4 is 0 Å². The lowest BCUT2D eigenvalue weighted by Gasteiger charge is -2.40. The molecule has 1 unspecified atom stereocenters. The molecule has 0 saturated carbocycles. The van der Waals surface area contributed by atoms with Crippen molar-refractivity contribution in [1.82, 2.24) is 14.9 Å². The number of hydrogen-bond donors (Lipinski definition) is 0. The molecule has 4 heteroatoms. The van der Waals surface area contributed by atoms with Crippen molar-refractivity contribution < 1.29 is 4.79 Å². The van der Waals surface area contributed by atoms with E-state index in [0.29, 0.717) is 6.42 Å². The molecule has 1 aliphatic heterocycles. The average molecular weight is 412 g/mol. The van der Waals surface area contributed by atoms with Gasteiger partial charge in [0, 0.05) is 30.3 Å². The first kappa shape index (κ1) is 19.9. The number of fused-ring (bicyclic) bond motifs is 2. The molecule has 0 N–H and O–H groups in total. The predicted octanol–water partition coefficient (Wildman–Crippen LogP) is 4.76. The molecule has 3 aromatic rings. The van der Waals surface area contributed by atoms with Crippen molar-refractivity contribution in [2.45, 2.75) is 50.9 Å². The largest absolute Gasteiger partial charge is 0.341 e. The van der Waals surface area contributed by atoms with Gasteiger partial charge in [-0.1, -0.05) is 61.5 Å². The summed E-state index contributed by atoms with van der Waals surface area (Å²) in [7, 11) is 0. The number of nitrogens with zero attached hydrogens (tertiary/aromatic N) is 3. The van der Waals surface area contributed by atoms with E-state index in [1.165, 1.54) is 16.8 Å². The Kier molecular flexibility index (Phi) is 5.31. The minimum atomic E-state index is -0.0260. The third kappa shape index (κ3) is 3.87. The van der Waals surface area contributed by atoms with E-state index in [4.69, 9.17) is 4.98 Å². The highest BCUT2D eigenvalue weighted by molar-refractivity contribution is 5.79. The van der Waals surface area contributed by atoms with Gasteiger partial charge in [-0.2, -0.15) is 0 Å². The van der Waals surface area contributed by atoms with Gasteiger partial charge in [0.2, 0.25) is 5.91 Å². The van der Waals surface area contributed by atoms with E-state index in [0.717, 1.165) is 62.1 Å². The number of aryl methyl sites for hydroxylation is 2. The van der Waals surface area contributed by atoms with Crippen LogP contribution in [0.4, 0.5) is 0 Å². The summed E-state index contributed by atoms with van der Waals surface area (Å²) in [6, 6.07) is 18.6. The van der Waals surface area contributed by atoms with Crippen LogP contribution in [0.15, 0.2) is 60.8 Å². The van der Waals surface area contributed by atoms with E-state index < -0.39 is 0 Å². The lowest BCUT2D eigenvalue weighted by molar-refractivity contribution is -0.132. The Bertz CT molecular complexity index is 1070. The highest BCUT2D eigenvalue weighted by Crippen LogP contribution is 2.44. The smallest absolute Gasteiger partial charge is 0.227 e. The predicted molar refractivity (Wildman–Crippen MR) is 123 cm³/mol. The maximum absolute atomic E-state index is 13.2. The zero-order valence-corrected chi connectivity index (χ0v) is 18.2. The van der Waals surface area contributed by atoms with E-state index in [1.54, 1.807) is 0 Å². The maximum atomic E-state index is 13.2. The van der Waals surface area contributed by atoms with Crippen LogP contribution in [-0.4, -0.2) is 33.9 Å². The van der Waals surface area contributed by atoms with E-state index in [-0.39, 0.29) is 11.3 Å². The van der Waals surface area contributed by atoms with Crippen molar-refractivity contribution in [2.24, 2.45) is 0 Å². The van der Waals surface area contributed by atoms with Crippen LogP contribution in [0.2, 0.25) is 0 Å².